The Kier molecular flexibility index (Phi) is 5.20. The van der Waals surface area contributed by atoms with Crippen LogP contribution in [0.1, 0.15) is 20.8 Å². The zero-order chi connectivity index (χ0) is 17.7. The Balaban J connectivity index is 2.32. The molecule has 0 atom stereocenters. The maximum absolute atomic E-state index is 12.3. The molecular weight excluding hydrogens is 314 g/mol. The Morgan fingerprint density at radius 1 is 1.04 bits per heavy atom. The lowest BCUT2D eigenvalue weighted by Gasteiger charge is -2.12. The van der Waals surface area contributed by atoms with Crippen LogP contribution in [0.15, 0.2) is 35.3 Å². The molecule has 0 fully saturated rings. The van der Waals surface area contributed by atoms with E-state index >= 15 is 0 Å². The predicted molar refractivity (Wildman–Crippen MR) is 88.0 cm³/mol. The van der Waals surface area contributed by atoms with E-state index in [4.69, 9.17) is 9.47 Å². The van der Waals surface area contributed by atoms with Crippen LogP contribution in [0.2, 0.25) is 0 Å². The Bertz CT molecular complexity index is 829. The lowest BCUT2D eigenvalue weighted by molar-refractivity contribution is 0.0961. The van der Waals surface area contributed by atoms with Gasteiger partial charge < -0.3 is 25.1 Å². The molecule has 1 heterocycles. The largest absolute Gasteiger partial charge is 0.495 e. The van der Waals surface area contributed by atoms with Crippen molar-refractivity contribution in [3.8, 4) is 11.5 Å². The lowest BCUT2D eigenvalue weighted by atomic mass is 10.1. The van der Waals surface area contributed by atoms with Gasteiger partial charge in [0.1, 0.15) is 11.4 Å². The number of anilines is 1. The van der Waals surface area contributed by atoms with Crippen LogP contribution in [0, 0.1) is 0 Å². The molecule has 0 radical (unpaired) electrons. The van der Waals surface area contributed by atoms with Gasteiger partial charge in [-0.1, -0.05) is 0 Å². The van der Waals surface area contributed by atoms with Crippen LogP contribution in [0.3, 0.4) is 0 Å². The zero-order valence-electron chi connectivity index (χ0n) is 13.4. The summed E-state index contributed by atoms with van der Waals surface area (Å²) < 4.78 is 10.0. The minimum atomic E-state index is -0.554. The molecule has 0 aliphatic carbocycles. The van der Waals surface area contributed by atoms with Gasteiger partial charge in [0.2, 0.25) is 5.43 Å². The van der Waals surface area contributed by atoms with Gasteiger partial charge in [-0.2, -0.15) is 0 Å². The number of aromatic amines is 1. The minimum Gasteiger partial charge on any atom is -0.495 e. The third-order valence-electron chi connectivity index (χ3n) is 3.28. The number of H-pyrrole nitrogens is 1. The molecule has 2 aromatic rings. The number of amides is 2. The normalized spacial score (nSPS) is 9.96. The van der Waals surface area contributed by atoms with Crippen molar-refractivity contribution in [2.24, 2.45) is 0 Å². The second-order valence-electron chi connectivity index (χ2n) is 4.73. The molecular formula is C16H17N3O5. The summed E-state index contributed by atoms with van der Waals surface area (Å²) in [6.07, 6.45) is 1.30. The maximum Gasteiger partial charge on any atom is 0.272 e. The number of rotatable bonds is 5. The van der Waals surface area contributed by atoms with Crippen LogP contribution in [0.25, 0.3) is 0 Å². The first kappa shape index (κ1) is 17.1. The second kappa shape index (κ2) is 7.32. The molecule has 2 amide bonds. The number of pyridine rings is 1. The molecule has 1 aromatic carbocycles. The summed E-state index contributed by atoms with van der Waals surface area (Å²) in [5, 5.41) is 5.10. The number of carbonyl (C=O) groups is 2. The van der Waals surface area contributed by atoms with E-state index < -0.39 is 11.3 Å². The third-order valence-corrected chi connectivity index (χ3v) is 3.28. The van der Waals surface area contributed by atoms with Crippen molar-refractivity contribution >= 4 is 17.5 Å². The van der Waals surface area contributed by atoms with Gasteiger partial charge in [-0.15, -0.1) is 0 Å². The number of ether oxygens (including phenoxy) is 2. The maximum atomic E-state index is 12.3. The Hall–Kier alpha value is -3.29. The van der Waals surface area contributed by atoms with Gasteiger partial charge in [0.05, 0.1) is 19.9 Å². The van der Waals surface area contributed by atoms with Gasteiger partial charge >= 0.3 is 0 Å². The van der Waals surface area contributed by atoms with Gasteiger partial charge in [0.15, 0.2) is 5.75 Å². The predicted octanol–water partition coefficient (Wildman–Crippen LogP) is 1.00. The molecule has 0 bridgehead atoms. The first-order valence-electron chi connectivity index (χ1n) is 6.98. The molecule has 24 heavy (non-hydrogen) atoms. The van der Waals surface area contributed by atoms with Crippen molar-refractivity contribution in [3.63, 3.8) is 0 Å². The first-order valence-corrected chi connectivity index (χ1v) is 6.98. The lowest BCUT2D eigenvalue weighted by Crippen LogP contribution is -2.20. The van der Waals surface area contributed by atoms with E-state index in [-0.39, 0.29) is 17.4 Å². The number of hydrogen-bond acceptors (Lipinski definition) is 5. The molecule has 0 aliphatic rings. The Labute approximate surface area is 137 Å². The summed E-state index contributed by atoms with van der Waals surface area (Å²) in [5.74, 6) is -0.370. The summed E-state index contributed by atoms with van der Waals surface area (Å²) in [5.41, 5.74) is 0.290. The highest BCUT2D eigenvalue weighted by atomic mass is 16.5. The quantitative estimate of drug-likeness (QED) is 0.757. The highest BCUT2D eigenvalue weighted by Crippen LogP contribution is 2.26. The number of methoxy groups -OCH3 is 2. The van der Waals surface area contributed by atoms with E-state index in [1.54, 1.807) is 12.1 Å². The third kappa shape index (κ3) is 3.54. The van der Waals surface area contributed by atoms with E-state index in [0.717, 1.165) is 6.07 Å². The monoisotopic (exact) mass is 331 g/mol. The fraction of sp³-hybridized carbons (Fsp3) is 0.188. The van der Waals surface area contributed by atoms with Gasteiger partial charge in [0, 0.05) is 24.9 Å². The number of nitrogens with one attached hydrogen (secondary N) is 3. The van der Waals surface area contributed by atoms with E-state index in [9.17, 15) is 14.4 Å². The van der Waals surface area contributed by atoms with Crippen LogP contribution in [-0.2, 0) is 0 Å². The summed E-state index contributed by atoms with van der Waals surface area (Å²) in [4.78, 5) is 38.4. The number of aromatic nitrogens is 1. The SMILES string of the molecule is CNC(=O)c1ccc(OC)c(NC(=O)c2cc(=O)c(OC)c[nH]2)c1. The van der Waals surface area contributed by atoms with Crippen molar-refractivity contribution in [2.75, 3.05) is 26.6 Å². The van der Waals surface area contributed by atoms with Crippen LogP contribution < -0.4 is 25.5 Å². The molecule has 0 saturated heterocycles. The highest BCUT2D eigenvalue weighted by Gasteiger charge is 2.14. The summed E-state index contributed by atoms with van der Waals surface area (Å²) in [6, 6.07) is 5.75. The standard InChI is InChI=1S/C16H17N3O5/c1-17-15(21)9-4-5-13(23-2)10(6-9)19-16(22)11-7-12(20)14(24-3)8-18-11/h4-8H,1-3H3,(H,17,21)(H,18,20)(H,19,22). The van der Waals surface area contributed by atoms with Gasteiger partial charge in [-0.25, -0.2) is 0 Å². The van der Waals surface area contributed by atoms with Crippen LogP contribution >= 0.6 is 0 Å². The number of carbonyl (C=O) groups excluding carboxylic acids is 2. The zero-order valence-corrected chi connectivity index (χ0v) is 13.4. The highest BCUT2D eigenvalue weighted by molar-refractivity contribution is 6.05. The van der Waals surface area contributed by atoms with E-state index in [2.05, 4.69) is 15.6 Å². The van der Waals surface area contributed by atoms with Crippen molar-refractivity contribution < 1.29 is 19.1 Å². The molecule has 8 nitrogen and oxygen atoms in total. The van der Waals surface area contributed by atoms with Crippen molar-refractivity contribution in [1.82, 2.24) is 10.3 Å². The average molecular weight is 331 g/mol. The minimum absolute atomic E-state index is 0.0493. The average Bonchev–Trinajstić information content (AvgIpc) is 2.60. The fourth-order valence-electron chi connectivity index (χ4n) is 2.03. The molecule has 1 aromatic heterocycles. The van der Waals surface area contributed by atoms with Crippen LogP contribution in [0.5, 0.6) is 11.5 Å². The van der Waals surface area contributed by atoms with Crippen LogP contribution in [-0.4, -0.2) is 38.1 Å². The molecule has 0 saturated carbocycles. The van der Waals surface area contributed by atoms with E-state index in [1.807, 2.05) is 0 Å². The first-order chi connectivity index (χ1) is 11.5. The van der Waals surface area contributed by atoms with Crippen molar-refractivity contribution in [2.45, 2.75) is 0 Å². The molecule has 3 N–H and O–H groups in total. The summed E-state index contributed by atoms with van der Waals surface area (Å²) >= 11 is 0. The molecule has 0 unspecified atom stereocenters. The van der Waals surface area contributed by atoms with Gasteiger partial charge in [0.25, 0.3) is 11.8 Å². The van der Waals surface area contributed by atoms with E-state index in [0.29, 0.717) is 17.0 Å². The number of hydrogen-bond donors (Lipinski definition) is 3. The van der Waals surface area contributed by atoms with Gasteiger partial charge in [-0.05, 0) is 18.2 Å². The summed E-state index contributed by atoms with van der Waals surface area (Å²) in [6.45, 7) is 0. The molecule has 2 rings (SSSR count). The Morgan fingerprint density at radius 2 is 1.75 bits per heavy atom. The topological polar surface area (TPSA) is 110 Å². The molecule has 0 spiro atoms. The smallest absolute Gasteiger partial charge is 0.272 e. The fourth-order valence-corrected chi connectivity index (χ4v) is 2.03. The summed E-state index contributed by atoms with van der Waals surface area (Å²) in [7, 11) is 4.31. The van der Waals surface area contributed by atoms with E-state index in [1.165, 1.54) is 33.5 Å². The van der Waals surface area contributed by atoms with Crippen molar-refractivity contribution in [3.05, 3.63) is 51.9 Å². The molecule has 8 heteroatoms. The van der Waals surface area contributed by atoms with Crippen molar-refractivity contribution in [1.29, 1.82) is 0 Å². The second-order valence-corrected chi connectivity index (χ2v) is 4.73. The Morgan fingerprint density at radius 3 is 2.33 bits per heavy atom. The molecule has 0 aliphatic heterocycles. The number of benzene rings is 1. The van der Waals surface area contributed by atoms with Gasteiger partial charge in [-0.3, -0.25) is 14.4 Å². The molecule has 126 valence electrons. The van der Waals surface area contributed by atoms with Crippen LogP contribution in [0.4, 0.5) is 5.69 Å².